The summed E-state index contributed by atoms with van der Waals surface area (Å²) < 4.78 is 6.66. The lowest BCUT2D eigenvalue weighted by Crippen LogP contribution is -2.33. The molecule has 0 saturated heterocycles. The number of carboxylic acids is 1. The molecule has 1 N–H and O–H groups in total. The van der Waals surface area contributed by atoms with Gasteiger partial charge in [-0.25, -0.2) is 4.79 Å². The number of ether oxygens (including phenoxy) is 1. The van der Waals surface area contributed by atoms with Crippen LogP contribution in [0.15, 0.2) is 12.3 Å². The molecule has 1 aromatic heterocycles. The molecule has 1 heterocycles. The Hall–Kier alpha value is -1.00. The summed E-state index contributed by atoms with van der Waals surface area (Å²) in [4.78, 5) is 11.0. The highest BCUT2D eigenvalue weighted by atomic mass is 35.5. The number of hydrogen-bond donors (Lipinski definition) is 1. The van der Waals surface area contributed by atoms with E-state index in [1.807, 2.05) is 13.8 Å². The Kier molecular flexibility index (Phi) is 3.42. The van der Waals surface area contributed by atoms with Crippen LogP contribution in [0, 0.1) is 0 Å². The van der Waals surface area contributed by atoms with Gasteiger partial charge < -0.3 is 14.4 Å². The molecule has 0 aromatic carbocycles. The van der Waals surface area contributed by atoms with Gasteiger partial charge in [-0.2, -0.15) is 0 Å². The number of rotatable bonds is 4. The summed E-state index contributed by atoms with van der Waals surface area (Å²) in [6.45, 7) is 4.19. The lowest BCUT2D eigenvalue weighted by molar-refractivity contribution is 0.0654. The van der Waals surface area contributed by atoms with Crippen LogP contribution in [0.3, 0.4) is 0 Å². The number of nitrogens with zero attached hydrogens (tertiary/aromatic N) is 1. The first-order chi connectivity index (χ1) is 6.88. The molecule has 1 rings (SSSR count). The van der Waals surface area contributed by atoms with Crippen molar-refractivity contribution in [1.29, 1.82) is 0 Å². The Labute approximate surface area is 93.4 Å². The molecule has 0 amide bonds. The average molecular weight is 232 g/mol. The van der Waals surface area contributed by atoms with Gasteiger partial charge in [-0.1, -0.05) is 11.6 Å². The van der Waals surface area contributed by atoms with Gasteiger partial charge >= 0.3 is 5.97 Å². The van der Waals surface area contributed by atoms with Crippen LogP contribution in [0.25, 0.3) is 0 Å². The molecule has 0 radical (unpaired) electrons. The second-order valence-electron chi connectivity index (χ2n) is 3.96. The van der Waals surface area contributed by atoms with Gasteiger partial charge in [0.15, 0.2) is 0 Å². The van der Waals surface area contributed by atoms with Crippen molar-refractivity contribution in [3.63, 3.8) is 0 Å². The zero-order chi connectivity index (χ0) is 11.6. The molecular formula is C10H14ClNO3. The van der Waals surface area contributed by atoms with Crippen molar-refractivity contribution < 1.29 is 14.6 Å². The molecule has 0 atom stereocenters. The molecule has 0 spiro atoms. The molecule has 0 fully saturated rings. The quantitative estimate of drug-likeness (QED) is 0.865. The molecule has 5 heteroatoms. The van der Waals surface area contributed by atoms with E-state index in [0.717, 1.165) is 0 Å². The van der Waals surface area contributed by atoms with Crippen LogP contribution in [0.5, 0.6) is 0 Å². The minimum absolute atomic E-state index is 0.169. The highest BCUT2D eigenvalue weighted by molar-refractivity contribution is 6.30. The van der Waals surface area contributed by atoms with Crippen molar-refractivity contribution in [1.82, 2.24) is 4.57 Å². The molecule has 0 saturated carbocycles. The summed E-state index contributed by atoms with van der Waals surface area (Å²) in [5.74, 6) is -0.994. The highest BCUT2D eigenvalue weighted by Crippen LogP contribution is 2.23. The third-order valence-corrected chi connectivity index (χ3v) is 2.36. The largest absolute Gasteiger partial charge is 0.477 e. The smallest absolute Gasteiger partial charge is 0.352 e. The molecule has 0 unspecified atom stereocenters. The predicted octanol–water partition coefficient (Wildman–Crippen LogP) is 2.22. The second kappa shape index (κ2) is 4.24. The highest BCUT2D eigenvalue weighted by Gasteiger charge is 2.25. The van der Waals surface area contributed by atoms with Crippen LogP contribution in [0.4, 0.5) is 0 Å². The van der Waals surface area contributed by atoms with Gasteiger partial charge in [-0.15, -0.1) is 0 Å². The SMILES string of the molecule is COCC(C)(C)n1cc(Cl)cc1C(=O)O. The van der Waals surface area contributed by atoms with Gasteiger partial charge in [0, 0.05) is 13.3 Å². The van der Waals surface area contributed by atoms with E-state index < -0.39 is 11.5 Å². The lowest BCUT2D eigenvalue weighted by Gasteiger charge is -2.27. The first-order valence-corrected chi connectivity index (χ1v) is 4.87. The third kappa shape index (κ3) is 2.52. The molecule has 0 aliphatic rings. The van der Waals surface area contributed by atoms with E-state index in [0.29, 0.717) is 11.6 Å². The maximum atomic E-state index is 11.0. The van der Waals surface area contributed by atoms with Gasteiger partial charge in [0.1, 0.15) is 5.69 Å². The summed E-state index contributed by atoms with van der Waals surface area (Å²) in [7, 11) is 1.58. The first-order valence-electron chi connectivity index (χ1n) is 4.49. The molecule has 0 aliphatic carbocycles. The van der Waals surface area contributed by atoms with Gasteiger partial charge in [-0.3, -0.25) is 0 Å². The Morgan fingerprint density at radius 2 is 2.27 bits per heavy atom. The standard InChI is InChI=1S/C10H14ClNO3/c1-10(2,6-15-3)12-5-7(11)4-8(12)9(13)14/h4-5H,6H2,1-3H3,(H,13,14). The second-order valence-corrected chi connectivity index (χ2v) is 4.40. The Balaban J connectivity index is 3.17. The summed E-state index contributed by atoms with van der Waals surface area (Å²) in [5.41, 5.74) is -0.266. The van der Waals surface area contributed by atoms with Crippen molar-refractivity contribution in [3.8, 4) is 0 Å². The van der Waals surface area contributed by atoms with E-state index in [1.54, 1.807) is 17.9 Å². The molecule has 0 bridgehead atoms. The van der Waals surface area contributed by atoms with Crippen LogP contribution in [0.2, 0.25) is 5.02 Å². The van der Waals surface area contributed by atoms with Crippen molar-refractivity contribution in [2.45, 2.75) is 19.4 Å². The number of hydrogen-bond acceptors (Lipinski definition) is 2. The average Bonchev–Trinajstić information content (AvgIpc) is 2.47. The van der Waals surface area contributed by atoms with Gasteiger partial charge in [0.05, 0.1) is 17.2 Å². The van der Waals surface area contributed by atoms with Gasteiger partial charge in [0.2, 0.25) is 0 Å². The molecule has 0 aliphatic heterocycles. The van der Waals surface area contributed by atoms with Crippen molar-refractivity contribution in [2.24, 2.45) is 0 Å². The summed E-state index contributed by atoms with van der Waals surface area (Å²) in [6, 6.07) is 1.43. The Morgan fingerprint density at radius 1 is 1.67 bits per heavy atom. The molecule has 1 aromatic rings. The third-order valence-electron chi connectivity index (χ3n) is 2.16. The first kappa shape index (κ1) is 12.1. The number of carboxylic acid groups (broad SMARTS) is 1. The Morgan fingerprint density at radius 3 is 2.73 bits per heavy atom. The van der Waals surface area contributed by atoms with Crippen LogP contribution in [0.1, 0.15) is 24.3 Å². The van der Waals surface area contributed by atoms with E-state index in [9.17, 15) is 4.79 Å². The lowest BCUT2D eigenvalue weighted by atomic mass is 10.1. The van der Waals surface area contributed by atoms with Crippen LogP contribution in [-0.4, -0.2) is 29.4 Å². The van der Waals surface area contributed by atoms with E-state index in [2.05, 4.69) is 0 Å². The maximum Gasteiger partial charge on any atom is 0.352 e. The molecular weight excluding hydrogens is 218 g/mol. The number of carbonyl (C=O) groups is 1. The molecule has 4 nitrogen and oxygen atoms in total. The van der Waals surface area contributed by atoms with Crippen molar-refractivity contribution in [2.75, 3.05) is 13.7 Å². The van der Waals surface area contributed by atoms with Crippen LogP contribution >= 0.6 is 11.6 Å². The summed E-state index contributed by atoms with van der Waals surface area (Å²) in [5, 5.41) is 9.40. The fraction of sp³-hybridized carbons (Fsp3) is 0.500. The minimum Gasteiger partial charge on any atom is -0.477 e. The van der Waals surface area contributed by atoms with E-state index in [1.165, 1.54) is 6.07 Å². The monoisotopic (exact) mass is 231 g/mol. The number of halogens is 1. The number of aromatic carboxylic acids is 1. The molecule has 84 valence electrons. The van der Waals surface area contributed by atoms with Crippen LogP contribution < -0.4 is 0 Å². The maximum absolute atomic E-state index is 11.0. The fourth-order valence-electron chi connectivity index (χ4n) is 1.52. The van der Waals surface area contributed by atoms with Crippen molar-refractivity contribution >= 4 is 17.6 Å². The topological polar surface area (TPSA) is 51.5 Å². The molecule has 15 heavy (non-hydrogen) atoms. The summed E-state index contributed by atoms with van der Waals surface area (Å²) >= 11 is 5.79. The van der Waals surface area contributed by atoms with Crippen molar-refractivity contribution in [3.05, 3.63) is 23.0 Å². The number of aromatic nitrogens is 1. The Bertz CT molecular complexity index is 371. The fourth-order valence-corrected chi connectivity index (χ4v) is 1.72. The zero-order valence-corrected chi connectivity index (χ0v) is 9.71. The van der Waals surface area contributed by atoms with E-state index in [-0.39, 0.29) is 5.69 Å². The van der Waals surface area contributed by atoms with Crippen LogP contribution in [-0.2, 0) is 10.3 Å². The van der Waals surface area contributed by atoms with E-state index in [4.69, 9.17) is 21.4 Å². The van der Waals surface area contributed by atoms with Gasteiger partial charge in [-0.05, 0) is 19.9 Å². The number of methoxy groups -OCH3 is 1. The van der Waals surface area contributed by atoms with Gasteiger partial charge in [0.25, 0.3) is 0 Å². The summed E-state index contributed by atoms with van der Waals surface area (Å²) in [6.07, 6.45) is 1.60. The zero-order valence-electron chi connectivity index (χ0n) is 8.95. The van der Waals surface area contributed by atoms with E-state index >= 15 is 0 Å². The predicted molar refractivity (Wildman–Crippen MR) is 57.6 cm³/mol. The minimum atomic E-state index is -0.994. The normalized spacial score (nSPS) is 11.7.